The zero-order chi connectivity index (χ0) is 16.8. The fourth-order valence-electron chi connectivity index (χ4n) is 3.55. The van der Waals surface area contributed by atoms with Crippen molar-refractivity contribution in [2.24, 2.45) is 5.73 Å². The molecule has 1 amide bonds. The molecule has 2 atom stereocenters. The molecule has 134 valence electrons. The maximum Gasteiger partial charge on any atom is 0.224 e. The molecule has 0 radical (unpaired) electrons. The first-order valence-corrected chi connectivity index (χ1v) is 8.90. The summed E-state index contributed by atoms with van der Waals surface area (Å²) >= 11 is 0. The van der Waals surface area contributed by atoms with Crippen molar-refractivity contribution in [1.29, 1.82) is 0 Å². The summed E-state index contributed by atoms with van der Waals surface area (Å²) in [7, 11) is 0. The highest BCUT2D eigenvalue weighted by molar-refractivity contribution is 5.85. The van der Waals surface area contributed by atoms with Crippen LogP contribution in [0.3, 0.4) is 0 Å². The van der Waals surface area contributed by atoms with Crippen molar-refractivity contribution >= 4 is 18.3 Å². The first kappa shape index (κ1) is 19.5. The van der Waals surface area contributed by atoms with E-state index in [2.05, 4.69) is 29.2 Å². The Labute approximate surface area is 156 Å². The molecule has 3 nitrogen and oxygen atoms in total. The fourth-order valence-corrected chi connectivity index (χ4v) is 3.55. The van der Waals surface area contributed by atoms with Gasteiger partial charge < -0.3 is 10.6 Å². The van der Waals surface area contributed by atoms with Crippen LogP contribution in [-0.2, 0) is 4.79 Å². The van der Waals surface area contributed by atoms with Crippen LogP contribution in [0.2, 0.25) is 0 Å². The van der Waals surface area contributed by atoms with Gasteiger partial charge in [-0.3, -0.25) is 4.79 Å². The van der Waals surface area contributed by atoms with Crippen LogP contribution < -0.4 is 5.73 Å². The zero-order valence-electron chi connectivity index (χ0n) is 14.5. The average molecular weight is 359 g/mol. The highest BCUT2D eigenvalue weighted by Gasteiger charge is 2.27. The number of benzene rings is 2. The van der Waals surface area contributed by atoms with E-state index in [-0.39, 0.29) is 30.4 Å². The van der Waals surface area contributed by atoms with E-state index in [9.17, 15) is 4.79 Å². The molecule has 2 aromatic carbocycles. The first-order valence-electron chi connectivity index (χ1n) is 8.90. The number of rotatable bonds is 4. The SMILES string of the molecule is Cl.NC(CC(=O)N1CCCCCC1c1ccccc1)c1ccccc1. The molecule has 0 aromatic heterocycles. The summed E-state index contributed by atoms with van der Waals surface area (Å²) in [5.41, 5.74) is 8.54. The van der Waals surface area contributed by atoms with Gasteiger partial charge in [-0.2, -0.15) is 0 Å². The molecule has 25 heavy (non-hydrogen) atoms. The lowest BCUT2D eigenvalue weighted by molar-refractivity contribution is -0.134. The van der Waals surface area contributed by atoms with E-state index in [0.29, 0.717) is 6.42 Å². The van der Waals surface area contributed by atoms with E-state index < -0.39 is 0 Å². The largest absolute Gasteiger partial charge is 0.336 e. The molecule has 3 rings (SSSR count). The summed E-state index contributed by atoms with van der Waals surface area (Å²) in [6.45, 7) is 0.833. The van der Waals surface area contributed by atoms with Crippen molar-refractivity contribution in [3.8, 4) is 0 Å². The van der Waals surface area contributed by atoms with Gasteiger partial charge >= 0.3 is 0 Å². The number of carbonyl (C=O) groups is 1. The first-order chi connectivity index (χ1) is 11.8. The molecular weight excluding hydrogens is 332 g/mol. The molecule has 1 aliphatic rings. The second-order valence-electron chi connectivity index (χ2n) is 6.58. The number of amides is 1. The summed E-state index contributed by atoms with van der Waals surface area (Å²) in [5, 5.41) is 0. The summed E-state index contributed by atoms with van der Waals surface area (Å²) in [5.74, 6) is 0.169. The number of nitrogens with zero attached hydrogens (tertiary/aromatic N) is 1. The van der Waals surface area contributed by atoms with Gasteiger partial charge in [0.25, 0.3) is 0 Å². The number of halogens is 1. The van der Waals surface area contributed by atoms with Gasteiger partial charge in [0.05, 0.1) is 6.04 Å². The number of hydrogen-bond donors (Lipinski definition) is 1. The minimum atomic E-state index is -0.238. The van der Waals surface area contributed by atoms with Crippen LogP contribution in [0.15, 0.2) is 60.7 Å². The van der Waals surface area contributed by atoms with E-state index in [4.69, 9.17) is 5.73 Å². The Balaban J connectivity index is 0.00000225. The number of nitrogens with two attached hydrogens (primary N) is 1. The summed E-state index contributed by atoms with van der Waals surface area (Å²) < 4.78 is 0. The van der Waals surface area contributed by atoms with Crippen molar-refractivity contribution < 1.29 is 4.79 Å². The Kier molecular flexibility index (Phi) is 7.48. The topological polar surface area (TPSA) is 46.3 Å². The third kappa shape index (κ3) is 5.07. The Morgan fingerprint density at radius 2 is 1.64 bits per heavy atom. The molecule has 2 N–H and O–H groups in total. The number of likely N-dealkylation sites (tertiary alicyclic amines) is 1. The zero-order valence-corrected chi connectivity index (χ0v) is 15.3. The van der Waals surface area contributed by atoms with Crippen molar-refractivity contribution in [1.82, 2.24) is 4.90 Å². The standard InChI is InChI=1S/C21H26N2O.ClH/c22-19(17-10-4-1-5-11-17)16-21(24)23-15-9-3-8-14-20(23)18-12-6-2-7-13-18;/h1-2,4-7,10-13,19-20H,3,8-9,14-16,22H2;1H. The van der Waals surface area contributed by atoms with Crippen LogP contribution in [0.25, 0.3) is 0 Å². The molecule has 1 heterocycles. The van der Waals surface area contributed by atoms with Crippen molar-refractivity contribution in [2.75, 3.05) is 6.54 Å². The molecule has 1 aliphatic heterocycles. The number of hydrogen-bond acceptors (Lipinski definition) is 2. The maximum atomic E-state index is 13.0. The molecule has 0 bridgehead atoms. The van der Waals surface area contributed by atoms with Gasteiger partial charge in [0, 0.05) is 19.0 Å². The smallest absolute Gasteiger partial charge is 0.224 e. The van der Waals surface area contributed by atoms with E-state index >= 15 is 0 Å². The maximum absolute atomic E-state index is 13.0. The highest BCUT2D eigenvalue weighted by Crippen LogP contribution is 2.31. The number of carbonyl (C=O) groups excluding carboxylic acids is 1. The second-order valence-corrected chi connectivity index (χ2v) is 6.58. The molecule has 1 fully saturated rings. The molecule has 2 unspecified atom stereocenters. The van der Waals surface area contributed by atoms with Gasteiger partial charge in [-0.15, -0.1) is 12.4 Å². The highest BCUT2D eigenvalue weighted by atomic mass is 35.5. The van der Waals surface area contributed by atoms with Gasteiger partial charge in [-0.1, -0.05) is 73.5 Å². The Morgan fingerprint density at radius 3 is 2.32 bits per heavy atom. The third-order valence-electron chi connectivity index (χ3n) is 4.88. The summed E-state index contributed by atoms with van der Waals surface area (Å²) in [6.07, 6.45) is 4.85. The predicted octanol–water partition coefficient (Wildman–Crippen LogP) is 4.64. The summed E-state index contributed by atoms with van der Waals surface area (Å²) in [4.78, 5) is 15.0. The molecule has 0 saturated carbocycles. The van der Waals surface area contributed by atoms with Crippen LogP contribution in [0.1, 0.15) is 55.3 Å². The van der Waals surface area contributed by atoms with E-state index in [0.717, 1.165) is 24.9 Å². The molecule has 2 aromatic rings. The Morgan fingerprint density at radius 1 is 1.00 bits per heavy atom. The minimum Gasteiger partial charge on any atom is -0.336 e. The Bertz CT molecular complexity index is 647. The molecular formula is C21H27ClN2O. The lowest BCUT2D eigenvalue weighted by Gasteiger charge is -2.31. The van der Waals surface area contributed by atoms with Crippen LogP contribution in [0, 0.1) is 0 Å². The monoisotopic (exact) mass is 358 g/mol. The molecule has 4 heteroatoms. The quantitative estimate of drug-likeness (QED) is 0.865. The van der Waals surface area contributed by atoms with Gasteiger partial charge in [0.2, 0.25) is 5.91 Å². The lowest BCUT2D eigenvalue weighted by Crippen LogP contribution is -2.36. The lowest BCUT2D eigenvalue weighted by atomic mass is 9.99. The normalized spacial score (nSPS) is 18.8. The molecule has 1 saturated heterocycles. The van der Waals surface area contributed by atoms with Crippen molar-refractivity contribution in [2.45, 2.75) is 44.2 Å². The Hall–Kier alpha value is -1.84. The van der Waals surface area contributed by atoms with Crippen molar-refractivity contribution in [3.05, 3.63) is 71.8 Å². The van der Waals surface area contributed by atoms with Gasteiger partial charge in [0.15, 0.2) is 0 Å². The average Bonchev–Trinajstić information content (AvgIpc) is 2.89. The van der Waals surface area contributed by atoms with Crippen LogP contribution in [0.5, 0.6) is 0 Å². The van der Waals surface area contributed by atoms with Gasteiger partial charge in [0.1, 0.15) is 0 Å². The predicted molar refractivity (Wildman–Crippen MR) is 105 cm³/mol. The molecule has 0 spiro atoms. The van der Waals surface area contributed by atoms with Gasteiger partial charge in [-0.05, 0) is 24.0 Å². The minimum absolute atomic E-state index is 0. The fraction of sp³-hybridized carbons (Fsp3) is 0.381. The van der Waals surface area contributed by atoms with Crippen LogP contribution >= 0.6 is 12.4 Å². The van der Waals surface area contributed by atoms with Crippen LogP contribution in [-0.4, -0.2) is 17.4 Å². The molecule has 0 aliphatic carbocycles. The van der Waals surface area contributed by atoms with E-state index in [1.165, 1.54) is 18.4 Å². The second kappa shape index (κ2) is 9.59. The van der Waals surface area contributed by atoms with Crippen molar-refractivity contribution in [3.63, 3.8) is 0 Å². The summed E-state index contributed by atoms with van der Waals surface area (Å²) in [6, 6.07) is 20.2. The van der Waals surface area contributed by atoms with Crippen LogP contribution in [0.4, 0.5) is 0 Å². The van der Waals surface area contributed by atoms with E-state index in [1.54, 1.807) is 0 Å². The third-order valence-corrected chi connectivity index (χ3v) is 4.88. The van der Waals surface area contributed by atoms with Gasteiger partial charge in [-0.25, -0.2) is 0 Å². The van der Waals surface area contributed by atoms with E-state index in [1.807, 2.05) is 36.4 Å².